The molecular formula is C20H22FN3O4. The van der Waals surface area contributed by atoms with Gasteiger partial charge in [-0.25, -0.2) is 4.39 Å². The number of nitrogens with one attached hydrogen (secondary N) is 1. The number of ether oxygens (including phenoxy) is 3. The number of rotatable bonds is 8. The molecule has 0 aliphatic rings. The molecule has 0 atom stereocenters. The molecule has 3 rings (SSSR count). The van der Waals surface area contributed by atoms with Crippen LogP contribution in [0.5, 0.6) is 17.2 Å². The van der Waals surface area contributed by atoms with Crippen LogP contribution < -0.4 is 19.5 Å². The summed E-state index contributed by atoms with van der Waals surface area (Å²) < 4.78 is 35.4. The van der Waals surface area contributed by atoms with Crippen molar-refractivity contribution in [1.82, 2.24) is 10.1 Å². The lowest BCUT2D eigenvalue weighted by atomic mass is 10.2. The van der Waals surface area contributed by atoms with E-state index in [4.69, 9.17) is 18.7 Å². The molecule has 28 heavy (non-hydrogen) atoms. The average molecular weight is 387 g/mol. The van der Waals surface area contributed by atoms with Crippen molar-refractivity contribution < 1.29 is 23.1 Å². The maximum atomic E-state index is 14.2. The first-order valence-electron chi connectivity index (χ1n) is 8.75. The zero-order valence-corrected chi connectivity index (χ0v) is 16.2. The number of hydrogen-bond acceptors (Lipinski definition) is 7. The topological polar surface area (TPSA) is 78.6 Å². The molecule has 0 saturated heterocycles. The molecule has 148 valence electrons. The van der Waals surface area contributed by atoms with Crippen LogP contribution in [0.25, 0.3) is 11.4 Å². The van der Waals surface area contributed by atoms with Crippen molar-refractivity contribution in [2.45, 2.75) is 26.5 Å². The Morgan fingerprint density at radius 2 is 1.86 bits per heavy atom. The van der Waals surface area contributed by atoms with Crippen molar-refractivity contribution >= 4 is 5.69 Å². The third-order valence-electron chi connectivity index (χ3n) is 3.85. The van der Waals surface area contributed by atoms with Crippen LogP contribution in [0.15, 0.2) is 40.9 Å². The van der Waals surface area contributed by atoms with Crippen LogP contribution in [0, 0.1) is 5.82 Å². The number of anilines is 1. The normalized spacial score (nSPS) is 10.8. The third-order valence-corrected chi connectivity index (χ3v) is 3.85. The van der Waals surface area contributed by atoms with Gasteiger partial charge in [0.05, 0.1) is 32.6 Å². The van der Waals surface area contributed by atoms with Crippen molar-refractivity contribution in [2.75, 3.05) is 19.5 Å². The SMILES string of the molecule is COc1ccc(-c2noc(CNc3ccc(OC(C)C)cc3F)n2)cc1OC. The minimum absolute atomic E-state index is 0.0217. The molecular weight excluding hydrogens is 365 g/mol. The van der Waals surface area contributed by atoms with Gasteiger partial charge in [0.1, 0.15) is 11.6 Å². The maximum absolute atomic E-state index is 14.2. The highest BCUT2D eigenvalue weighted by Gasteiger charge is 2.13. The summed E-state index contributed by atoms with van der Waals surface area (Å²) in [4.78, 5) is 4.33. The number of methoxy groups -OCH3 is 2. The van der Waals surface area contributed by atoms with Crippen LogP contribution in [0.4, 0.5) is 10.1 Å². The van der Waals surface area contributed by atoms with E-state index >= 15 is 0 Å². The fourth-order valence-electron chi connectivity index (χ4n) is 2.57. The van der Waals surface area contributed by atoms with Crippen LogP contribution in [0.2, 0.25) is 0 Å². The standard InChI is InChI=1S/C20H22FN3O4/c1-12(2)27-14-6-7-16(15(21)10-14)22-11-19-23-20(24-28-19)13-5-8-17(25-3)18(9-13)26-4/h5-10,12,22H,11H2,1-4H3. The highest BCUT2D eigenvalue weighted by molar-refractivity contribution is 5.60. The van der Waals surface area contributed by atoms with Gasteiger partial charge in [0.15, 0.2) is 11.5 Å². The lowest BCUT2D eigenvalue weighted by molar-refractivity contribution is 0.241. The summed E-state index contributed by atoms with van der Waals surface area (Å²) in [6.45, 7) is 3.95. The van der Waals surface area contributed by atoms with Gasteiger partial charge in [-0.05, 0) is 44.2 Å². The summed E-state index contributed by atoms with van der Waals surface area (Å²) >= 11 is 0. The van der Waals surface area contributed by atoms with Crippen molar-refractivity contribution in [3.8, 4) is 28.6 Å². The Balaban J connectivity index is 1.68. The Hall–Kier alpha value is -3.29. The monoisotopic (exact) mass is 387 g/mol. The number of hydrogen-bond donors (Lipinski definition) is 1. The highest BCUT2D eigenvalue weighted by Crippen LogP contribution is 2.31. The summed E-state index contributed by atoms with van der Waals surface area (Å²) in [6.07, 6.45) is -0.0217. The van der Waals surface area contributed by atoms with Crippen LogP contribution in [-0.2, 0) is 6.54 Å². The molecule has 0 aliphatic heterocycles. The molecule has 0 spiro atoms. The fourth-order valence-corrected chi connectivity index (χ4v) is 2.57. The van der Waals surface area contributed by atoms with Gasteiger partial charge in [-0.1, -0.05) is 5.16 Å². The lowest BCUT2D eigenvalue weighted by Gasteiger charge is -2.11. The Bertz CT molecular complexity index is 943. The van der Waals surface area contributed by atoms with Gasteiger partial charge in [-0.3, -0.25) is 0 Å². The molecule has 0 unspecified atom stereocenters. The Kier molecular flexibility index (Phi) is 5.98. The second-order valence-electron chi connectivity index (χ2n) is 6.24. The Morgan fingerprint density at radius 1 is 1.07 bits per heavy atom. The van der Waals surface area contributed by atoms with Gasteiger partial charge in [-0.2, -0.15) is 4.98 Å². The molecule has 0 amide bonds. The predicted molar refractivity (Wildman–Crippen MR) is 102 cm³/mol. The zero-order valence-electron chi connectivity index (χ0n) is 16.2. The quantitative estimate of drug-likeness (QED) is 0.618. The van der Waals surface area contributed by atoms with Crippen LogP contribution in [0.1, 0.15) is 19.7 Å². The zero-order chi connectivity index (χ0) is 20.1. The Morgan fingerprint density at radius 3 is 2.54 bits per heavy atom. The average Bonchev–Trinajstić information content (AvgIpc) is 3.15. The molecule has 0 fully saturated rings. The van der Waals surface area contributed by atoms with Crippen molar-refractivity contribution in [2.24, 2.45) is 0 Å². The van der Waals surface area contributed by atoms with Gasteiger partial charge in [-0.15, -0.1) is 0 Å². The molecule has 7 nitrogen and oxygen atoms in total. The second kappa shape index (κ2) is 8.60. The number of nitrogens with zero attached hydrogens (tertiary/aromatic N) is 2. The number of benzene rings is 2. The minimum atomic E-state index is -0.419. The van der Waals surface area contributed by atoms with E-state index in [2.05, 4.69) is 15.5 Å². The first-order valence-corrected chi connectivity index (χ1v) is 8.75. The van der Waals surface area contributed by atoms with E-state index < -0.39 is 5.82 Å². The molecule has 1 N–H and O–H groups in total. The molecule has 1 aromatic heterocycles. The number of halogens is 1. The van der Waals surface area contributed by atoms with E-state index in [9.17, 15) is 4.39 Å². The van der Waals surface area contributed by atoms with Gasteiger partial charge in [0.25, 0.3) is 0 Å². The van der Waals surface area contributed by atoms with Gasteiger partial charge < -0.3 is 24.1 Å². The summed E-state index contributed by atoms with van der Waals surface area (Å²) in [5.41, 5.74) is 1.04. The summed E-state index contributed by atoms with van der Waals surface area (Å²) in [7, 11) is 3.12. The smallest absolute Gasteiger partial charge is 0.246 e. The van der Waals surface area contributed by atoms with Gasteiger partial charge in [0.2, 0.25) is 11.7 Å². The van der Waals surface area contributed by atoms with Crippen LogP contribution in [0.3, 0.4) is 0 Å². The van der Waals surface area contributed by atoms with E-state index in [0.717, 1.165) is 0 Å². The third kappa shape index (κ3) is 4.51. The summed E-state index contributed by atoms with van der Waals surface area (Å²) in [6, 6.07) is 9.97. The molecule has 0 saturated carbocycles. The van der Waals surface area contributed by atoms with E-state index in [-0.39, 0.29) is 12.6 Å². The largest absolute Gasteiger partial charge is 0.493 e. The minimum Gasteiger partial charge on any atom is -0.493 e. The predicted octanol–water partition coefficient (Wildman–Crippen LogP) is 4.29. The van der Waals surface area contributed by atoms with Gasteiger partial charge >= 0.3 is 0 Å². The fraction of sp³-hybridized carbons (Fsp3) is 0.300. The summed E-state index contributed by atoms with van der Waals surface area (Å²) in [5, 5.41) is 6.91. The summed E-state index contributed by atoms with van der Waals surface area (Å²) in [5.74, 6) is 1.96. The van der Waals surface area contributed by atoms with Crippen molar-refractivity contribution in [3.63, 3.8) is 0 Å². The van der Waals surface area contributed by atoms with Crippen molar-refractivity contribution in [1.29, 1.82) is 0 Å². The van der Waals surface area contributed by atoms with E-state index in [1.54, 1.807) is 44.6 Å². The van der Waals surface area contributed by atoms with E-state index in [1.807, 2.05) is 13.8 Å². The molecule has 0 aliphatic carbocycles. The number of aromatic nitrogens is 2. The molecule has 8 heteroatoms. The van der Waals surface area contributed by atoms with Gasteiger partial charge in [0, 0.05) is 11.6 Å². The Labute approximate surface area is 162 Å². The lowest BCUT2D eigenvalue weighted by Crippen LogP contribution is -2.06. The highest BCUT2D eigenvalue weighted by atomic mass is 19.1. The molecule has 1 heterocycles. The molecule has 3 aromatic rings. The molecule has 0 bridgehead atoms. The molecule has 2 aromatic carbocycles. The molecule has 0 radical (unpaired) electrons. The second-order valence-corrected chi connectivity index (χ2v) is 6.24. The van der Waals surface area contributed by atoms with E-state index in [0.29, 0.717) is 40.2 Å². The van der Waals surface area contributed by atoms with Crippen LogP contribution >= 0.6 is 0 Å². The van der Waals surface area contributed by atoms with E-state index in [1.165, 1.54) is 6.07 Å². The first kappa shape index (κ1) is 19.5. The maximum Gasteiger partial charge on any atom is 0.246 e. The first-order chi connectivity index (χ1) is 13.5. The van der Waals surface area contributed by atoms with Crippen molar-refractivity contribution in [3.05, 3.63) is 48.1 Å². The van der Waals surface area contributed by atoms with Crippen LogP contribution in [-0.4, -0.2) is 30.5 Å².